The van der Waals surface area contributed by atoms with Gasteiger partial charge in [0.1, 0.15) is 11.9 Å². The standard InChI is InChI=1S/C12H10ClFOS/c1-7-4-8(2-3-10(7)14)12(15)11-5-9(13)6-16-11/h2-6,12,15H,1H3. The lowest BCUT2D eigenvalue weighted by molar-refractivity contribution is 0.224. The molecule has 1 heterocycles. The van der Waals surface area contributed by atoms with Crippen LogP contribution in [0.25, 0.3) is 0 Å². The highest BCUT2D eigenvalue weighted by atomic mass is 35.5. The highest BCUT2D eigenvalue weighted by molar-refractivity contribution is 7.10. The molecule has 1 N–H and O–H groups in total. The number of thiophene rings is 1. The van der Waals surface area contributed by atoms with Crippen LogP contribution in [0.1, 0.15) is 22.1 Å². The van der Waals surface area contributed by atoms with Gasteiger partial charge < -0.3 is 5.11 Å². The summed E-state index contributed by atoms with van der Waals surface area (Å²) in [7, 11) is 0. The number of hydrogen-bond donors (Lipinski definition) is 1. The van der Waals surface area contributed by atoms with Crippen LogP contribution in [0.4, 0.5) is 4.39 Å². The van der Waals surface area contributed by atoms with Crippen molar-refractivity contribution in [1.29, 1.82) is 0 Å². The quantitative estimate of drug-likeness (QED) is 0.863. The lowest BCUT2D eigenvalue weighted by atomic mass is 10.1. The van der Waals surface area contributed by atoms with Crippen LogP contribution in [0.5, 0.6) is 0 Å². The molecule has 1 aromatic heterocycles. The molecule has 0 amide bonds. The number of aliphatic hydroxyl groups is 1. The van der Waals surface area contributed by atoms with Gasteiger partial charge in [0.25, 0.3) is 0 Å². The lowest BCUT2D eigenvalue weighted by Crippen LogP contribution is -1.98. The number of halogens is 2. The van der Waals surface area contributed by atoms with Crippen molar-refractivity contribution in [3.05, 3.63) is 56.5 Å². The third-order valence-corrected chi connectivity index (χ3v) is 3.69. The first-order valence-corrected chi connectivity index (χ1v) is 6.02. The average molecular weight is 257 g/mol. The van der Waals surface area contributed by atoms with Gasteiger partial charge in [-0.2, -0.15) is 0 Å². The van der Waals surface area contributed by atoms with Gasteiger partial charge in [-0.25, -0.2) is 4.39 Å². The topological polar surface area (TPSA) is 20.2 Å². The van der Waals surface area contributed by atoms with Crippen LogP contribution in [0.2, 0.25) is 5.02 Å². The van der Waals surface area contributed by atoms with Crippen molar-refractivity contribution in [1.82, 2.24) is 0 Å². The Morgan fingerprint density at radius 1 is 1.38 bits per heavy atom. The van der Waals surface area contributed by atoms with Gasteiger partial charge in [0, 0.05) is 10.3 Å². The highest BCUT2D eigenvalue weighted by Crippen LogP contribution is 2.30. The van der Waals surface area contributed by atoms with E-state index < -0.39 is 6.10 Å². The summed E-state index contributed by atoms with van der Waals surface area (Å²) in [5.74, 6) is -0.264. The van der Waals surface area contributed by atoms with Gasteiger partial charge >= 0.3 is 0 Å². The van der Waals surface area contributed by atoms with Crippen LogP contribution >= 0.6 is 22.9 Å². The molecular formula is C12H10ClFOS. The fourth-order valence-corrected chi connectivity index (χ4v) is 2.57. The molecule has 84 valence electrons. The van der Waals surface area contributed by atoms with Crippen LogP contribution in [-0.4, -0.2) is 5.11 Å². The van der Waals surface area contributed by atoms with E-state index >= 15 is 0 Å². The molecule has 0 aliphatic heterocycles. The van der Waals surface area contributed by atoms with Crippen LogP contribution in [0.3, 0.4) is 0 Å². The van der Waals surface area contributed by atoms with Gasteiger partial charge in [-0.05, 0) is 30.2 Å². The fourth-order valence-electron chi connectivity index (χ4n) is 1.47. The third-order valence-electron chi connectivity index (χ3n) is 2.35. The van der Waals surface area contributed by atoms with E-state index in [2.05, 4.69) is 0 Å². The predicted octanol–water partition coefficient (Wildman–Crippen LogP) is 3.93. The molecule has 1 unspecified atom stereocenters. The van der Waals surface area contributed by atoms with Crippen molar-refractivity contribution in [3.8, 4) is 0 Å². The van der Waals surface area contributed by atoms with E-state index in [-0.39, 0.29) is 5.82 Å². The van der Waals surface area contributed by atoms with Gasteiger partial charge in [-0.15, -0.1) is 11.3 Å². The minimum absolute atomic E-state index is 0.264. The molecule has 0 saturated carbocycles. The maximum atomic E-state index is 13.1. The van der Waals surface area contributed by atoms with Crippen LogP contribution < -0.4 is 0 Å². The smallest absolute Gasteiger partial charge is 0.126 e. The molecule has 0 bridgehead atoms. The van der Waals surface area contributed by atoms with Crippen molar-refractivity contribution in [2.24, 2.45) is 0 Å². The van der Waals surface area contributed by atoms with Crippen molar-refractivity contribution < 1.29 is 9.50 Å². The Morgan fingerprint density at radius 2 is 2.12 bits per heavy atom. The van der Waals surface area contributed by atoms with E-state index in [1.807, 2.05) is 0 Å². The molecule has 0 radical (unpaired) electrons. The zero-order valence-electron chi connectivity index (χ0n) is 8.58. The lowest BCUT2D eigenvalue weighted by Gasteiger charge is -2.09. The van der Waals surface area contributed by atoms with Gasteiger partial charge in [0.2, 0.25) is 0 Å². The monoisotopic (exact) mass is 256 g/mol. The zero-order chi connectivity index (χ0) is 11.7. The summed E-state index contributed by atoms with van der Waals surface area (Å²) in [6.07, 6.45) is -0.739. The number of hydrogen-bond acceptors (Lipinski definition) is 2. The summed E-state index contributed by atoms with van der Waals surface area (Å²) in [6.45, 7) is 1.67. The number of benzene rings is 1. The first-order chi connectivity index (χ1) is 7.58. The van der Waals surface area contributed by atoms with Crippen LogP contribution in [0, 0.1) is 12.7 Å². The Hall–Kier alpha value is -0.900. The molecule has 1 aromatic carbocycles. The molecule has 1 atom stereocenters. The van der Waals surface area contributed by atoms with E-state index in [1.54, 1.807) is 30.5 Å². The van der Waals surface area contributed by atoms with Gasteiger partial charge in [-0.1, -0.05) is 23.7 Å². The Balaban J connectivity index is 2.33. The summed E-state index contributed by atoms with van der Waals surface area (Å²) in [5, 5.41) is 12.4. The Bertz CT molecular complexity index is 509. The number of rotatable bonds is 2. The van der Waals surface area contributed by atoms with E-state index in [9.17, 15) is 9.50 Å². The molecule has 4 heteroatoms. The molecular weight excluding hydrogens is 247 g/mol. The summed E-state index contributed by atoms with van der Waals surface area (Å²) in [6, 6.07) is 6.31. The summed E-state index contributed by atoms with van der Waals surface area (Å²) >= 11 is 7.17. The van der Waals surface area contributed by atoms with Crippen molar-refractivity contribution in [3.63, 3.8) is 0 Å². The molecule has 0 saturated heterocycles. The largest absolute Gasteiger partial charge is 0.383 e. The molecule has 0 spiro atoms. The summed E-state index contributed by atoms with van der Waals surface area (Å²) in [4.78, 5) is 0.760. The van der Waals surface area contributed by atoms with Crippen LogP contribution in [-0.2, 0) is 0 Å². The molecule has 2 aromatic rings. The maximum absolute atomic E-state index is 13.1. The first kappa shape index (κ1) is 11.6. The second-order valence-corrected chi connectivity index (χ2v) is 4.96. The van der Waals surface area contributed by atoms with Crippen molar-refractivity contribution >= 4 is 22.9 Å². The maximum Gasteiger partial charge on any atom is 0.126 e. The highest BCUT2D eigenvalue weighted by Gasteiger charge is 2.13. The third kappa shape index (κ3) is 2.26. The van der Waals surface area contributed by atoms with Gasteiger partial charge in [0.05, 0.1) is 5.02 Å². The van der Waals surface area contributed by atoms with E-state index in [1.165, 1.54) is 17.4 Å². The molecule has 0 aliphatic rings. The minimum Gasteiger partial charge on any atom is -0.383 e. The predicted molar refractivity (Wildman–Crippen MR) is 64.5 cm³/mol. The Morgan fingerprint density at radius 3 is 2.69 bits per heavy atom. The Labute approximate surface area is 102 Å². The first-order valence-electron chi connectivity index (χ1n) is 4.76. The van der Waals surface area contributed by atoms with Gasteiger partial charge in [0.15, 0.2) is 0 Å². The normalized spacial score (nSPS) is 12.8. The molecule has 1 nitrogen and oxygen atoms in total. The second kappa shape index (κ2) is 4.53. The molecule has 2 rings (SSSR count). The molecule has 16 heavy (non-hydrogen) atoms. The van der Waals surface area contributed by atoms with Gasteiger partial charge in [-0.3, -0.25) is 0 Å². The fraction of sp³-hybridized carbons (Fsp3) is 0.167. The van der Waals surface area contributed by atoms with E-state index in [0.717, 1.165) is 4.88 Å². The van der Waals surface area contributed by atoms with E-state index in [4.69, 9.17) is 11.6 Å². The summed E-state index contributed by atoms with van der Waals surface area (Å²) < 4.78 is 13.1. The molecule has 0 fully saturated rings. The SMILES string of the molecule is Cc1cc(C(O)c2cc(Cl)cs2)ccc1F. The minimum atomic E-state index is -0.739. The van der Waals surface area contributed by atoms with Crippen LogP contribution in [0.15, 0.2) is 29.6 Å². The zero-order valence-corrected chi connectivity index (χ0v) is 10.1. The second-order valence-electron chi connectivity index (χ2n) is 3.58. The summed E-state index contributed by atoms with van der Waals surface area (Å²) in [5.41, 5.74) is 1.21. The van der Waals surface area contributed by atoms with Crippen molar-refractivity contribution in [2.45, 2.75) is 13.0 Å². The Kier molecular flexibility index (Phi) is 3.28. The number of aliphatic hydroxyl groups excluding tert-OH is 1. The van der Waals surface area contributed by atoms with Crippen molar-refractivity contribution in [2.75, 3.05) is 0 Å². The number of aryl methyl sites for hydroxylation is 1. The van der Waals surface area contributed by atoms with E-state index in [0.29, 0.717) is 16.1 Å². The molecule has 0 aliphatic carbocycles. The average Bonchev–Trinajstić information content (AvgIpc) is 2.68.